The van der Waals surface area contributed by atoms with Gasteiger partial charge in [-0.2, -0.15) is 5.10 Å². The Morgan fingerprint density at radius 2 is 1.90 bits per heavy atom. The van der Waals surface area contributed by atoms with Crippen LogP contribution in [0.3, 0.4) is 0 Å². The number of piperidine rings is 1. The van der Waals surface area contributed by atoms with Gasteiger partial charge in [-0.05, 0) is 60.9 Å². The molecule has 1 saturated heterocycles. The Labute approximate surface area is 167 Å². The fourth-order valence-electron chi connectivity index (χ4n) is 3.16. The first-order valence-electron chi connectivity index (χ1n) is 9.22. The predicted octanol–water partition coefficient (Wildman–Crippen LogP) is 2.54. The predicted molar refractivity (Wildman–Crippen MR) is 105 cm³/mol. The van der Waals surface area contributed by atoms with Crippen molar-refractivity contribution in [2.24, 2.45) is 11.0 Å². The molecule has 1 fully saturated rings. The van der Waals surface area contributed by atoms with Gasteiger partial charge in [-0.1, -0.05) is 0 Å². The molecule has 2 N–H and O–H groups in total. The minimum atomic E-state index is -0.386. The van der Waals surface area contributed by atoms with Crippen molar-refractivity contribution in [1.29, 1.82) is 0 Å². The number of carbonyl (C=O) groups is 2. The van der Waals surface area contributed by atoms with E-state index >= 15 is 0 Å². The summed E-state index contributed by atoms with van der Waals surface area (Å²) < 4.78 is 18.0. The minimum absolute atomic E-state index is 0.0237. The molecule has 0 radical (unpaired) electrons. The van der Waals surface area contributed by atoms with Crippen LogP contribution in [0.15, 0.2) is 47.6 Å². The number of carbonyl (C=O) groups excluding carboxylic acids is 2. The molecule has 3 rings (SSSR count). The molecule has 0 atom stereocenters. The number of hydrazone groups is 1. The highest BCUT2D eigenvalue weighted by atomic mass is 19.1. The van der Waals surface area contributed by atoms with Crippen molar-refractivity contribution in [2.75, 3.05) is 20.2 Å². The van der Waals surface area contributed by atoms with Crippen LogP contribution >= 0.6 is 0 Å². The van der Waals surface area contributed by atoms with Gasteiger partial charge in [-0.25, -0.2) is 9.82 Å². The summed E-state index contributed by atoms with van der Waals surface area (Å²) in [5, 5.41) is 13.5. The Bertz CT molecular complexity index is 907. The van der Waals surface area contributed by atoms with Gasteiger partial charge in [-0.15, -0.1) is 0 Å². The molecule has 152 valence electrons. The molecule has 2 aromatic rings. The molecular formula is C21H22FN3O4. The van der Waals surface area contributed by atoms with Crippen LogP contribution in [0.5, 0.6) is 11.5 Å². The number of amides is 2. The van der Waals surface area contributed by atoms with Gasteiger partial charge >= 0.3 is 0 Å². The lowest BCUT2D eigenvalue weighted by atomic mass is 9.95. The average molecular weight is 399 g/mol. The first-order chi connectivity index (χ1) is 14.0. The third kappa shape index (κ3) is 5.10. The van der Waals surface area contributed by atoms with Crippen molar-refractivity contribution in [1.82, 2.24) is 10.3 Å². The van der Waals surface area contributed by atoms with E-state index in [1.807, 2.05) is 0 Å². The van der Waals surface area contributed by atoms with Crippen molar-refractivity contribution in [3.05, 3.63) is 59.4 Å². The van der Waals surface area contributed by atoms with Crippen LogP contribution in [0.25, 0.3) is 0 Å². The number of rotatable bonds is 5. The van der Waals surface area contributed by atoms with E-state index in [-0.39, 0.29) is 29.3 Å². The Balaban J connectivity index is 1.49. The average Bonchev–Trinajstić information content (AvgIpc) is 2.75. The van der Waals surface area contributed by atoms with Crippen LogP contribution < -0.4 is 10.2 Å². The lowest BCUT2D eigenvalue weighted by molar-refractivity contribution is -0.126. The number of methoxy groups -OCH3 is 1. The van der Waals surface area contributed by atoms with Crippen LogP contribution in [0.2, 0.25) is 0 Å². The van der Waals surface area contributed by atoms with E-state index in [0.717, 1.165) is 0 Å². The summed E-state index contributed by atoms with van der Waals surface area (Å²) in [6.07, 6.45) is 2.52. The maximum atomic E-state index is 13.0. The van der Waals surface area contributed by atoms with Crippen LogP contribution in [0.1, 0.15) is 28.8 Å². The molecule has 0 aromatic heterocycles. The molecule has 0 unspecified atom stereocenters. The molecule has 2 amide bonds. The molecule has 0 aliphatic carbocycles. The van der Waals surface area contributed by atoms with Crippen molar-refractivity contribution in [2.45, 2.75) is 12.8 Å². The van der Waals surface area contributed by atoms with Crippen molar-refractivity contribution in [3.8, 4) is 11.5 Å². The number of phenols is 1. The number of hydrogen-bond donors (Lipinski definition) is 2. The van der Waals surface area contributed by atoms with Gasteiger partial charge < -0.3 is 14.7 Å². The number of nitrogens with zero attached hydrogens (tertiary/aromatic N) is 2. The summed E-state index contributed by atoms with van der Waals surface area (Å²) in [6, 6.07) is 10.2. The van der Waals surface area contributed by atoms with E-state index in [2.05, 4.69) is 10.5 Å². The Morgan fingerprint density at radius 3 is 2.55 bits per heavy atom. The third-order valence-electron chi connectivity index (χ3n) is 4.84. The van der Waals surface area contributed by atoms with Gasteiger partial charge in [0.2, 0.25) is 5.91 Å². The monoisotopic (exact) mass is 399 g/mol. The summed E-state index contributed by atoms with van der Waals surface area (Å²) in [5.41, 5.74) is 3.62. The number of likely N-dealkylation sites (tertiary alicyclic amines) is 1. The highest BCUT2D eigenvalue weighted by Crippen LogP contribution is 2.25. The number of ether oxygens (including phenoxy) is 1. The van der Waals surface area contributed by atoms with E-state index in [9.17, 15) is 19.1 Å². The minimum Gasteiger partial charge on any atom is -0.504 e. The summed E-state index contributed by atoms with van der Waals surface area (Å²) in [7, 11) is 1.45. The SMILES string of the molecule is COc1cc(/C=N\NC(=O)C2CCN(C(=O)c3ccc(F)cc3)CC2)ccc1O. The summed E-state index contributed by atoms with van der Waals surface area (Å²) in [4.78, 5) is 26.4. The zero-order valence-electron chi connectivity index (χ0n) is 16.0. The van der Waals surface area contributed by atoms with E-state index < -0.39 is 0 Å². The molecule has 29 heavy (non-hydrogen) atoms. The zero-order valence-corrected chi connectivity index (χ0v) is 16.0. The van der Waals surface area contributed by atoms with Gasteiger partial charge in [0.05, 0.1) is 13.3 Å². The lowest BCUT2D eigenvalue weighted by Crippen LogP contribution is -2.42. The highest BCUT2D eigenvalue weighted by Gasteiger charge is 2.27. The molecule has 1 aliphatic heterocycles. The van der Waals surface area contributed by atoms with Crippen molar-refractivity contribution < 1.29 is 23.8 Å². The largest absolute Gasteiger partial charge is 0.504 e. The molecule has 0 saturated carbocycles. The fraction of sp³-hybridized carbons (Fsp3) is 0.286. The lowest BCUT2D eigenvalue weighted by Gasteiger charge is -2.31. The molecule has 1 heterocycles. The van der Waals surface area contributed by atoms with E-state index in [1.54, 1.807) is 17.0 Å². The molecule has 2 aromatic carbocycles. The van der Waals surface area contributed by atoms with Crippen LogP contribution in [0, 0.1) is 11.7 Å². The van der Waals surface area contributed by atoms with Gasteiger partial charge in [0, 0.05) is 24.6 Å². The Kier molecular flexibility index (Phi) is 6.43. The Morgan fingerprint density at radius 1 is 1.21 bits per heavy atom. The summed E-state index contributed by atoms with van der Waals surface area (Å²) in [5.74, 6) is -0.653. The smallest absolute Gasteiger partial charge is 0.253 e. The molecule has 7 nitrogen and oxygen atoms in total. The number of phenolic OH excluding ortho intramolecular Hbond substituents is 1. The zero-order chi connectivity index (χ0) is 20.8. The molecule has 0 spiro atoms. The molecule has 8 heteroatoms. The highest BCUT2D eigenvalue weighted by molar-refractivity contribution is 5.94. The van der Waals surface area contributed by atoms with E-state index in [4.69, 9.17) is 4.74 Å². The van der Waals surface area contributed by atoms with Crippen LogP contribution in [-0.2, 0) is 4.79 Å². The molecule has 1 aliphatic rings. The van der Waals surface area contributed by atoms with Gasteiger partial charge in [0.15, 0.2) is 11.5 Å². The second-order valence-corrected chi connectivity index (χ2v) is 6.74. The topological polar surface area (TPSA) is 91.2 Å². The van der Waals surface area contributed by atoms with Crippen LogP contribution in [0.4, 0.5) is 4.39 Å². The number of halogens is 1. The molecule has 0 bridgehead atoms. The summed E-state index contributed by atoms with van der Waals surface area (Å²) >= 11 is 0. The van der Waals surface area contributed by atoms with E-state index in [0.29, 0.717) is 42.8 Å². The van der Waals surface area contributed by atoms with Gasteiger partial charge in [-0.3, -0.25) is 9.59 Å². The van der Waals surface area contributed by atoms with Crippen LogP contribution in [-0.4, -0.2) is 48.2 Å². The van der Waals surface area contributed by atoms with Gasteiger partial charge in [0.25, 0.3) is 5.91 Å². The van der Waals surface area contributed by atoms with Crippen molar-refractivity contribution in [3.63, 3.8) is 0 Å². The third-order valence-corrected chi connectivity index (χ3v) is 4.84. The standard InChI is InChI=1S/C21H22FN3O4/c1-29-19-12-14(2-7-18(19)26)13-23-24-20(27)15-8-10-25(11-9-15)21(28)16-3-5-17(22)6-4-16/h2-7,12-13,15,26H,8-11H2,1H3,(H,24,27)/b23-13-. The fourth-order valence-corrected chi connectivity index (χ4v) is 3.16. The first-order valence-corrected chi connectivity index (χ1v) is 9.22. The quantitative estimate of drug-likeness (QED) is 0.597. The number of hydrogen-bond acceptors (Lipinski definition) is 5. The number of aromatic hydroxyl groups is 1. The van der Waals surface area contributed by atoms with Gasteiger partial charge in [0.1, 0.15) is 5.82 Å². The van der Waals surface area contributed by atoms with Crippen molar-refractivity contribution >= 4 is 18.0 Å². The number of benzene rings is 2. The normalized spacial score (nSPS) is 14.8. The number of nitrogens with one attached hydrogen (secondary N) is 1. The Hall–Kier alpha value is -3.42. The summed E-state index contributed by atoms with van der Waals surface area (Å²) in [6.45, 7) is 0.903. The molecular weight excluding hydrogens is 377 g/mol. The first kappa shape index (κ1) is 20.3. The second-order valence-electron chi connectivity index (χ2n) is 6.74. The maximum Gasteiger partial charge on any atom is 0.253 e. The second kappa shape index (κ2) is 9.18. The van der Waals surface area contributed by atoms with E-state index in [1.165, 1.54) is 43.7 Å². The maximum absolute atomic E-state index is 13.0.